The Bertz CT molecular complexity index is 427. The van der Waals surface area contributed by atoms with E-state index >= 15 is 0 Å². The minimum Gasteiger partial charge on any atom is -0.872 e. The molecule has 112 valence electrons. The van der Waals surface area contributed by atoms with E-state index in [1.54, 1.807) is 18.2 Å². The highest BCUT2D eigenvalue weighted by Gasteiger charge is 2.27. The van der Waals surface area contributed by atoms with E-state index in [0.717, 1.165) is 19.4 Å². The summed E-state index contributed by atoms with van der Waals surface area (Å²) in [4.78, 5) is 12.4. The maximum atomic E-state index is 12.4. The van der Waals surface area contributed by atoms with Crippen molar-refractivity contribution < 1.29 is 14.4 Å². The van der Waals surface area contributed by atoms with E-state index in [1.165, 1.54) is 31.7 Å². The minimum atomic E-state index is -0.174. The Morgan fingerprint density at radius 2 is 1.65 bits per heavy atom. The Hall–Kier alpha value is -1.35. The van der Waals surface area contributed by atoms with Crippen LogP contribution in [0.4, 0.5) is 0 Å². The average Bonchev–Trinajstić information content (AvgIpc) is 2.42. The SMILES string of the molecule is CCCCCCCC[N+](C)(C)C(=O)c1ccccc1[O-]. The molecule has 1 aromatic carbocycles. The van der Waals surface area contributed by atoms with Gasteiger partial charge in [0.2, 0.25) is 0 Å². The van der Waals surface area contributed by atoms with E-state index < -0.39 is 0 Å². The number of rotatable bonds is 8. The highest BCUT2D eigenvalue weighted by molar-refractivity contribution is 5.91. The zero-order valence-corrected chi connectivity index (χ0v) is 13.0. The fraction of sp³-hybridized carbons (Fsp3) is 0.588. The third-order valence-electron chi connectivity index (χ3n) is 3.74. The Morgan fingerprint density at radius 3 is 2.30 bits per heavy atom. The number of carbonyl (C=O) groups is 1. The van der Waals surface area contributed by atoms with Gasteiger partial charge in [-0.05, 0) is 18.9 Å². The summed E-state index contributed by atoms with van der Waals surface area (Å²) < 4.78 is 0.257. The van der Waals surface area contributed by atoms with Crippen LogP contribution in [0.1, 0.15) is 55.8 Å². The van der Waals surface area contributed by atoms with Crippen LogP contribution in [0.15, 0.2) is 24.3 Å². The molecule has 0 aliphatic rings. The zero-order valence-electron chi connectivity index (χ0n) is 13.0. The summed E-state index contributed by atoms with van der Waals surface area (Å²) in [7, 11) is 3.78. The Kier molecular flexibility index (Phi) is 6.73. The lowest BCUT2D eigenvalue weighted by Gasteiger charge is -2.28. The second kappa shape index (κ2) is 8.05. The number of quaternary nitrogens is 1. The van der Waals surface area contributed by atoms with Gasteiger partial charge < -0.3 is 5.11 Å². The molecule has 0 saturated carbocycles. The molecule has 1 amide bonds. The average molecular weight is 277 g/mol. The number of hydrogen-bond acceptors (Lipinski definition) is 2. The van der Waals surface area contributed by atoms with Crippen LogP contribution in [0, 0.1) is 0 Å². The normalized spacial score (nSPS) is 11.6. The molecule has 0 bridgehead atoms. The lowest BCUT2D eigenvalue weighted by Crippen LogP contribution is -2.46. The first-order valence-corrected chi connectivity index (χ1v) is 7.63. The summed E-state index contributed by atoms with van der Waals surface area (Å²) in [6.07, 6.45) is 7.25. The number of hydrogen-bond donors (Lipinski definition) is 0. The second-order valence-electron chi connectivity index (χ2n) is 5.98. The first-order chi connectivity index (χ1) is 9.49. The summed E-state index contributed by atoms with van der Waals surface area (Å²) >= 11 is 0. The van der Waals surface area contributed by atoms with Crippen LogP contribution < -0.4 is 5.11 Å². The summed E-state index contributed by atoms with van der Waals surface area (Å²) in [5, 5.41) is 11.7. The third kappa shape index (κ3) is 4.97. The van der Waals surface area contributed by atoms with Crippen molar-refractivity contribution in [1.82, 2.24) is 0 Å². The maximum Gasteiger partial charge on any atom is 0.344 e. The molecular weight excluding hydrogens is 250 g/mol. The van der Waals surface area contributed by atoms with Gasteiger partial charge in [0.05, 0.1) is 26.2 Å². The van der Waals surface area contributed by atoms with Crippen LogP contribution in [0.5, 0.6) is 5.75 Å². The number of carbonyl (C=O) groups excluding carboxylic acids is 1. The molecule has 0 N–H and O–H groups in total. The van der Waals surface area contributed by atoms with Crippen LogP contribution in [-0.2, 0) is 0 Å². The molecule has 0 aliphatic carbocycles. The molecule has 0 aliphatic heterocycles. The first kappa shape index (κ1) is 16.7. The van der Waals surface area contributed by atoms with Crippen LogP contribution >= 0.6 is 0 Å². The number of amides is 1. The fourth-order valence-electron chi connectivity index (χ4n) is 2.36. The molecule has 0 saturated heterocycles. The van der Waals surface area contributed by atoms with Crippen molar-refractivity contribution in [1.29, 1.82) is 0 Å². The van der Waals surface area contributed by atoms with Gasteiger partial charge in [-0.3, -0.25) is 4.48 Å². The van der Waals surface area contributed by atoms with Crippen LogP contribution in [0.25, 0.3) is 0 Å². The van der Waals surface area contributed by atoms with Crippen molar-refractivity contribution in [2.24, 2.45) is 0 Å². The zero-order chi connectivity index (χ0) is 15.0. The molecule has 0 heterocycles. The molecule has 0 aromatic heterocycles. The van der Waals surface area contributed by atoms with Crippen LogP contribution in [0.3, 0.4) is 0 Å². The van der Waals surface area contributed by atoms with Gasteiger partial charge in [-0.2, -0.15) is 0 Å². The van der Waals surface area contributed by atoms with E-state index in [1.807, 2.05) is 14.1 Å². The van der Waals surface area contributed by atoms with E-state index in [0.29, 0.717) is 5.56 Å². The first-order valence-electron chi connectivity index (χ1n) is 7.63. The number of para-hydroxylation sites is 1. The topological polar surface area (TPSA) is 40.1 Å². The minimum absolute atomic E-state index is 0.0795. The van der Waals surface area contributed by atoms with Gasteiger partial charge >= 0.3 is 5.91 Å². The van der Waals surface area contributed by atoms with E-state index in [9.17, 15) is 9.90 Å². The molecule has 0 spiro atoms. The molecular formula is C17H27NO2. The van der Waals surface area contributed by atoms with Crippen molar-refractivity contribution in [2.75, 3.05) is 20.6 Å². The number of unbranched alkanes of at least 4 members (excludes halogenated alkanes) is 5. The quantitative estimate of drug-likeness (QED) is 0.540. The van der Waals surface area contributed by atoms with E-state index in [-0.39, 0.29) is 16.1 Å². The third-order valence-corrected chi connectivity index (χ3v) is 3.74. The molecule has 0 unspecified atom stereocenters. The van der Waals surface area contributed by atoms with Crippen molar-refractivity contribution >= 4 is 5.91 Å². The standard InChI is InChI=1S/C17H27NO2/c1-4-5-6-7-8-11-14-18(2,3)17(20)15-12-9-10-13-16(15)19/h9-10,12-13H,4-8,11,14H2,1-3H3. The van der Waals surface area contributed by atoms with Gasteiger partial charge in [-0.1, -0.05) is 56.6 Å². The Morgan fingerprint density at radius 1 is 1.05 bits per heavy atom. The van der Waals surface area contributed by atoms with Gasteiger partial charge in [0.1, 0.15) is 0 Å². The predicted molar refractivity (Wildman–Crippen MR) is 80.6 cm³/mol. The summed E-state index contributed by atoms with van der Waals surface area (Å²) in [5.41, 5.74) is 0.309. The molecule has 0 fully saturated rings. The van der Waals surface area contributed by atoms with Crippen molar-refractivity contribution in [2.45, 2.75) is 45.4 Å². The Labute approximate surface area is 122 Å². The molecule has 0 radical (unpaired) electrons. The predicted octanol–water partition coefficient (Wildman–Crippen LogP) is 3.34. The summed E-state index contributed by atoms with van der Waals surface area (Å²) in [6, 6.07) is 6.51. The lowest BCUT2D eigenvalue weighted by atomic mass is 10.1. The van der Waals surface area contributed by atoms with Crippen molar-refractivity contribution in [3.63, 3.8) is 0 Å². The van der Waals surface area contributed by atoms with E-state index in [2.05, 4.69) is 6.92 Å². The lowest BCUT2D eigenvalue weighted by molar-refractivity contribution is -0.808. The smallest absolute Gasteiger partial charge is 0.344 e. The molecule has 0 atom stereocenters. The van der Waals surface area contributed by atoms with Gasteiger partial charge in [0.25, 0.3) is 0 Å². The fourth-order valence-corrected chi connectivity index (χ4v) is 2.36. The molecule has 1 rings (SSSR count). The molecule has 1 aromatic rings. The van der Waals surface area contributed by atoms with E-state index in [4.69, 9.17) is 0 Å². The van der Waals surface area contributed by atoms with Crippen LogP contribution in [0.2, 0.25) is 0 Å². The van der Waals surface area contributed by atoms with Gasteiger partial charge in [-0.15, -0.1) is 0 Å². The molecule has 20 heavy (non-hydrogen) atoms. The molecule has 3 nitrogen and oxygen atoms in total. The second-order valence-corrected chi connectivity index (χ2v) is 5.98. The summed E-state index contributed by atoms with van der Waals surface area (Å²) in [5.74, 6) is -0.254. The van der Waals surface area contributed by atoms with Gasteiger partial charge in [-0.25, -0.2) is 4.79 Å². The molecule has 3 heteroatoms. The number of benzene rings is 1. The highest BCUT2D eigenvalue weighted by Crippen LogP contribution is 2.18. The largest absolute Gasteiger partial charge is 0.872 e. The maximum absolute atomic E-state index is 12.4. The highest BCUT2D eigenvalue weighted by atomic mass is 16.3. The summed E-state index contributed by atoms with van der Waals surface area (Å²) in [6.45, 7) is 3.00. The van der Waals surface area contributed by atoms with Gasteiger partial charge in [0, 0.05) is 0 Å². The van der Waals surface area contributed by atoms with Crippen molar-refractivity contribution in [3.8, 4) is 5.75 Å². The Balaban J connectivity index is 2.47. The van der Waals surface area contributed by atoms with Gasteiger partial charge in [0.15, 0.2) is 0 Å². The monoisotopic (exact) mass is 277 g/mol. The van der Waals surface area contributed by atoms with Crippen LogP contribution in [-0.4, -0.2) is 31.0 Å². The van der Waals surface area contributed by atoms with Crippen molar-refractivity contribution in [3.05, 3.63) is 29.8 Å². The number of nitrogens with zero attached hydrogens (tertiary/aromatic N) is 1.